The SMILES string of the molecule is Cc1ccc(C(c2ccc(N)cc2)(c2ccc(O)cc2)C2CCCCC2)cc1. The van der Waals surface area contributed by atoms with Crippen molar-refractivity contribution in [1.29, 1.82) is 0 Å². The summed E-state index contributed by atoms with van der Waals surface area (Å²) in [4.78, 5) is 0. The molecule has 0 saturated heterocycles. The van der Waals surface area contributed by atoms with Crippen LogP contribution in [0.5, 0.6) is 5.75 Å². The Hall–Kier alpha value is -2.74. The van der Waals surface area contributed by atoms with E-state index in [0.717, 1.165) is 5.69 Å². The van der Waals surface area contributed by atoms with Gasteiger partial charge in [-0.25, -0.2) is 0 Å². The lowest BCUT2D eigenvalue weighted by Gasteiger charge is -2.44. The second-order valence-corrected chi connectivity index (χ2v) is 8.18. The lowest BCUT2D eigenvalue weighted by molar-refractivity contribution is 0.271. The van der Waals surface area contributed by atoms with Gasteiger partial charge < -0.3 is 10.8 Å². The van der Waals surface area contributed by atoms with Crippen LogP contribution in [0.2, 0.25) is 0 Å². The van der Waals surface area contributed by atoms with Gasteiger partial charge in [0.2, 0.25) is 0 Å². The summed E-state index contributed by atoms with van der Waals surface area (Å²) in [6.07, 6.45) is 6.27. The van der Waals surface area contributed by atoms with Gasteiger partial charge >= 0.3 is 0 Å². The number of nitrogen functional groups attached to an aromatic ring is 1. The number of aryl methyl sites for hydroxylation is 1. The van der Waals surface area contributed by atoms with Crippen molar-refractivity contribution in [2.45, 2.75) is 44.4 Å². The monoisotopic (exact) mass is 371 g/mol. The maximum atomic E-state index is 9.93. The summed E-state index contributed by atoms with van der Waals surface area (Å²) in [6.45, 7) is 2.13. The van der Waals surface area contributed by atoms with Gasteiger partial charge in [0.05, 0.1) is 0 Å². The van der Waals surface area contributed by atoms with E-state index in [1.807, 2.05) is 24.3 Å². The summed E-state index contributed by atoms with van der Waals surface area (Å²) in [5.74, 6) is 0.819. The van der Waals surface area contributed by atoms with Gasteiger partial charge in [0.1, 0.15) is 5.75 Å². The summed E-state index contributed by atoms with van der Waals surface area (Å²) in [5.41, 5.74) is 11.7. The molecule has 1 saturated carbocycles. The Bertz CT molecular complexity index is 793. The summed E-state index contributed by atoms with van der Waals surface area (Å²) >= 11 is 0. The summed E-state index contributed by atoms with van der Waals surface area (Å²) in [6, 6.07) is 25.2. The third-order valence-electron chi connectivity index (χ3n) is 6.41. The molecule has 0 aliphatic heterocycles. The van der Waals surface area contributed by atoms with Crippen molar-refractivity contribution in [3.8, 4) is 5.75 Å². The average Bonchev–Trinajstić information content (AvgIpc) is 2.73. The van der Waals surface area contributed by atoms with E-state index in [2.05, 4.69) is 55.5 Å². The molecule has 3 aromatic carbocycles. The second-order valence-electron chi connectivity index (χ2n) is 8.18. The highest BCUT2D eigenvalue weighted by atomic mass is 16.3. The molecule has 4 rings (SSSR count). The molecule has 1 aliphatic carbocycles. The summed E-state index contributed by atoms with van der Waals surface area (Å²) < 4.78 is 0. The Morgan fingerprint density at radius 2 is 1.18 bits per heavy atom. The zero-order chi connectivity index (χ0) is 19.6. The third-order valence-corrected chi connectivity index (χ3v) is 6.41. The van der Waals surface area contributed by atoms with Crippen LogP contribution in [0.15, 0.2) is 72.8 Å². The molecule has 0 aromatic heterocycles. The molecule has 1 fully saturated rings. The highest BCUT2D eigenvalue weighted by Crippen LogP contribution is 2.50. The highest BCUT2D eigenvalue weighted by Gasteiger charge is 2.43. The van der Waals surface area contributed by atoms with E-state index in [0.29, 0.717) is 11.7 Å². The molecule has 3 aromatic rings. The van der Waals surface area contributed by atoms with E-state index in [1.54, 1.807) is 0 Å². The standard InChI is InChI=1S/C26H29NO/c1-19-7-9-21(10-8-19)26(20-5-3-2-4-6-20,22-11-15-24(27)16-12-22)23-13-17-25(28)18-14-23/h7-18,20,28H,2-6,27H2,1H3. The molecule has 1 atom stereocenters. The van der Waals surface area contributed by atoms with Crippen LogP contribution >= 0.6 is 0 Å². The number of hydrogen-bond donors (Lipinski definition) is 2. The Labute approximate surface area is 168 Å². The van der Waals surface area contributed by atoms with Crippen LogP contribution < -0.4 is 5.73 Å². The normalized spacial score (nSPS) is 17.2. The van der Waals surface area contributed by atoms with E-state index < -0.39 is 0 Å². The van der Waals surface area contributed by atoms with Gasteiger partial charge in [-0.05, 0) is 66.6 Å². The van der Waals surface area contributed by atoms with Gasteiger partial charge in [-0.2, -0.15) is 0 Å². The molecule has 1 aliphatic rings. The number of benzene rings is 3. The molecule has 0 radical (unpaired) electrons. The Morgan fingerprint density at radius 3 is 1.71 bits per heavy atom. The third kappa shape index (κ3) is 3.28. The fraction of sp³-hybridized carbons (Fsp3) is 0.308. The fourth-order valence-electron chi connectivity index (χ4n) is 5.03. The van der Waals surface area contributed by atoms with Crippen molar-refractivity contribution in [1.82, 2.24) is 0 Å². The number of nitrogens with two attached hydrogens (primary N) is 1. The number of hydrogen-bond acceptors (Lipinski definition) is 2. The second kappa shape index (κ2) is 7.71. The molecule has 3 N–H and O–H groups in total. The van der Waals surface area contributed by atoms with Gasteiger partial charge in [0, 0.05) is 11.1 Å². The van der Waals surface area contributed by atoms with Crippen LogP contribution in [-0.2, 0) is 5.41 Å². The summed E-state index contributed by atoms with van der Waals surface area (Å²) in [5, 5.41) is 9.93. The van der Waals surface area contributed by atoms with Crippen LogP contribution in [0.4, 0.5) is 5.69 Å². The van der Waals surface area contributed by atoms with Crippen LogP contribution in [-0.4, -0.2) is 5.11 Å². The zero-order valence-electron chi connectivity index (χ0n) is 16.6. The van der Waals surface area contributed by atoms with Crippen LogP contribution in [0.25, 0.3) is 0 Å². The first kappa shape index (κ1) is 18.6. The minimum Gasteiger partial charge on any atom is -0.508 e. The van der Waals surface area contributed by atoms with Crippen molar-refractivity contribution in [3.63, 3.8) is 0 Å². The maximum absolute atomic E-state index is 9.93. The quantitative estimate of drug-likeness (QED) is 0.424. The highest BCUT2D eigenvalue weighted by molar-refractivity contribution is 5.54. The summed E-state index contributed by atoms with van der Waals surface area (Å²) in [7, 11) is 0. The topological polar surface area (TPSA) is 46.2 Å². The van der Waals surface area contributed by atoms with E-state index in [9.17, 15) is 5.11 Å². The van der Waals surface area contributed by atoms with E-state index in [-0.39, 0.29) is 5.41 Å². The van der Waals surface area contributed by atoms with Crippen molar-refractivity contribution < 1.29 is 5.11 Å². The molecule has 28 heavy (non-hydrogen) atoms. The van der Waals surface area contributed by atoms with Crippen molar-refractivity contribution in [2.24, 2.45) is 5.92 Å². The molecule has 0 bridgehead atoms. The predicted molar refractivity (Wildman–Crippen MR) is 117 cm³/mol. The van der Waals surface area contributed by atoms with Gasteiger partial charge in [0.25, 0.3) is 0 Å². The van der Waals surface area contributed by atoms with Crippen molar-refractivity contribution in [2.75, 3.05) is 5.73 Å². The molecule has 0 heterocycles. The van der Waals surface area contributed by atoms with Crippen LogP contribution in [0.3, 0.4) is 0 Å². The molecule has 1 unspecified atom stereocenters. The minimum absolute atomic E-state index is 0.241. The number of rotatable bonds is 4. The molecular formula is C26H29NO. The fourth-order valence-corrected chi connectivity index (χ4v) is 5.03. The van der Waals surface area contributed by atoms with Crippen LogP contribution in [0, 0.1) is 12.8 Å². The average molecular weight is 372 g/mol. The van der Waals surface area contributed by atoms with Crippen molar-refractivity contribution >= 4 is 5.69 Å². The minimum atomic E-state index is -0.241. The first-order chi connectivity index (χ1) is 13.6. The first-order valence-corrected chi connectivity index (χ1v) is 10.3. The van der Waals surface area contributed by atoms with E-state index in [4.69, 9.17) is 5.73 Å². The largest absolute Gasteiger partial charge is 0.508 e. The van der Waals surface area contributed by atoms with Crippen molar-refractivity contribution in [3.05, 3.63) is 95.1 Å². The molecule has 2 heteroatoms. The first-order valence-electron chi connectivity index (χ1n) is 10.3. The van der Waals surface area contributed by atoms with E-state index in [1.165, 1.54) is 54.4 Å². The van der Waals surface area contributed by atoms with Gasteiger partial charge in [0.15, 0.2) is 0 Å². The Balaban J connectivity index is 2.01. The number of phenolic OH excluding ortho intramolecular Hbond substituents is 1. The molecule has 144 valence electrons. The van der Waals surface area contributed by atoms with Gasteiger partial charge in [-0.15, -0.1) is 0 Å². The molecule has 0 amide bonds. The smallest absolute Gasteiger partial charge is 0.115 e. The predicted octanol–water partition coefficient (Wildman–Crippen LogP) is 6.20. The van der Waals surface area contributed by atoms with Gasteiger partial charge in [-0.1, -0.05) is 73.4 Å². The Morgan fingerprint density at radius 1 is 0.714 bits per heavy atom. The number of phenols is 1. The molecular weight excluding hydrogens is 342 g/mol. The van der Waals surface area contributed by atoms with Gasteiger partial charge in [-0.3, -0.25) is 0 Å². The van der Waals surface area contributed by atoms with E-state index >= 15 is 0 Å². The molecule has 0 spiro atoms. The number of anilines is 1. The van der Waals surface area contributed by atoms with Crippen LogP contribution in [0.1, 0.15) is 54.4 Å². The lowest BCUT2D eigenvalue weighted by atomic mass is 9.58. The Kier molecular flexibility index (Phi) is 5.13. The zero-order valence-corrected chi connectivity index (χ0v) is 16.6. The molecule has 2 nitrogen and oxygen atoms in total. The maximum Gasteiger partial charge on any atom is 0.115 e. The lowest BCUT2D eigenvalue weighted by Crippen LogP contribution is -2.39. The number of aromatic hydroxyl groups is 1.